The van der Waals surface area contributed by atoms with Crippen LogP contribution >= 0.6 is 11.8 Å². The van der Waals surface area contributed by atoms with Gasteiger partial charge in [-0.15, -0.1) is 11.8 Å². The zero-order chi connectivity index (χ0) is 15.4. The Morgan fingerprint density at radius 1 is 1.10 bits per heavy atom. The van der Waals surface area contributed by atoms with Gasteiger partial charge in [-0.3, -0.25) is 4.79 Å². The molecule has 2 aromatic carbocycles. The van der Waals surface area contributed by atoms with Crippen molar-refractivity contribution in [2.75, 3.05) is 6.26 Å². The van der Waals surface area contributed by atoms with Gasteiger partial charge in [0.2, 0.25) is 0 Å². The molecule has 2 rings (SSSR count). The number of nitrogens with one attached hydrogen (secondary N) is 1. The highest BCUT2D eigenvalue weighted by Crippen LogP contribution is 2.22. The van der Waals surface area contributed by atoms with E-state index in [0.717, 1.165) is 16.0 Å². The number of hydrogen-bond donors (Lipinski definition) is 1. The molecule has 0 aliphatic carbocycles. The molecule has 110 valence electrons. The lowest BCUT2D eigenvalue weighted by atomic mass is 10.0. The molecule has 0 unspecified atom stereocenters. The van der Waals surface area contributed by atoms with Gasteiger partial charge in [0.15, 0.2) is 0 Å². The average Bonchev–Trinajstić information content (AvgIpc) is 2.49. The molecule has 1 amide bonds. The van der Waals surface area contributed by atoms with Crippen LogP contribution in [-0.2, 0) is 0 Å². The number of rotatable bonds is 4. The monoisotopic (exact) mass is 299 g/mol. The van der Waals surface area contributed by atoms with E-state index in [1.165, 1.54) is 11.1 Å². The van der Waals surface area contributed by atoms with Crippen molar-refractivity contribution in [1.82, 2.24) is 5.32 Å². The van der Waals surface area contributed by atoms with Crippen LogP contribution in [0.15, 0.2) is 47.4 Å². The molecular formula is C18H21NOS. The summed E-state index contributed by atoms with van der Waals surface area (Å²) in [6, 6.07) is 14.0. The minimum absolute atomic E-state index is 0.00767. The molecule has 1 N–H and O–H groups in total. The number of hydrogen-bond acceptors (Lipinski definition) is 2. The first kappa shape index (κ1) is 15.6. The van der Waals surface area contributed by atoms with Crippen LogP contribution in [0.25, 0.3) is 0 Å². The van der Waals surface area contributed by atoms with E-state index in [9.17, 15) is 4.79 Å². The largest absolute Gasteiger partial charge is 0.345 e. The minimum Gasteiger partial charge on any atom is -0.345 e. The fourth-order valence-electron chi connectivity index (χ4n) is 2.22. The Kier molecular flexibility index (Phi) is 5.07. The normalized spacial score (nSPS) is 12.0. The summed E-state index contributed by atoms with van der Waals surface area (Å²) in [6.45, 7) is 6.21. The second-order valence-corrected chi connectivity index (χ2v) is 6.09. The molecule has 3 heteroatoms. The van der Waals surface area contributed by atoms with Crippen LogP contribution in [-0.4, -0.2) is 12.2 Å². The molecule has 0 aliphatic heterocycles. The third-order valence-electron chi connectivity index (χ3n) is 3.73. The molecule has 0 spiro atoms. The molecule has 1 atom stereocenters. The van der Waals surface area contributed by atoms with Crippen molar-refractivity contribution in [2.24, 2.45) is 0 Å². The molecular weight excluding hydrogens is 278 g/mol. The first-order chi connectivity index (χ1) is 10.0. The zero-order valence-corrected chi connectivity index (χ0v) is 13.8. The van der Waals surface area contributed by atoms with Gasteiger partial charge >= 0.3 is 0 Å². The Morgan fingerprint density at radius 2 is 1.81 bits per heavy atom. The Hall–Kier alpha value is -1.74. The van der Waals surface area contributed by atoms with Gasteiger partial charge in [-0.2, -0.15) is 0 Å². The van der Waals surface area contributed by atoms with Crippen LogP contribution in [0.5, 0.6) is 0 Å². The quantitative estimate of drug-likeness (QED) is 0.841. The van der Waals surface area contributed by atoms with Gasteiger partial charge < -0.3 is 5.32 Å². The topological polar surface area (TPSA) is 29.1 Å². The maximum absolute atomic E-state index is 12.4. The number of carbonyl (C=O) groups is 1. The Morgan fingerprint density at radius 3 is 2.48 bits per heavy atom. The van der Waals surface area contributed by atoms with Crippen molar-refractivity contribution >= 4 is 17.7 Å². The molecule has 0 saturated carbocycles. The second-order valence-electron chi connectivity index (χ2n) is 5.24. The number of benzene rings is 2. The van der Waals surface area contributed by atoms with E-state index in [-0.39, 0.29) is 11.9 Å². The second kappa shape index (κ2) is 6.81. The Labute approximate surface area is 131 Å². The van der Waals surface area contributed by atoms with Crippen molar-refractivity contribution in [2.45, 2.75) is 31.7 Å². The zero-order valence-electron chi connectivity index (χ0n) is 12.9. The third-order valence-corrected chi connectivity index (χ3v) is 4.53. The number of aryl methyl sites for hydroxylation is 2. The number of amides is 1. The summed E-state index contributed by atoms with van der Waals surface area (Å²) in [5, 5.41) is 3.08. The van der Waals surface area contributed by atoms with Crippen LogP contribution in [0.3, 0.4) is 0 Å². The lowest BCUT2D eigenvalue weighted by molar-refractivity contribution is 0.0937. The van der Waals surface area contributed by atoms with Gasteiger partial charge in [-0.05, 0) is 55.9 Å². The van der Waals surface area contributed by atoms with Gasteiger partial charge in [0.1, 0.15) is 0 Å². The van der Waals surface area contributed by atoms with Crippen molar-refractivity contribution in [3.05, 3.63) is 64.7 Å². The standard InChI is InChI=1S/C18H21NOS/c1-12-9-10-15(11-13(12)2)14(3)19-18(20)16-7-5-6-8-17(16)21-4/h5-11,14H,1-4H3,(H,19,20)/t14-/m0/s1. The van der Waals surface area contributed by atoms with E-state index in [4.69, 9.17) is 0 Å². The van der Waals surface area contributed by atoms with Crippen molar-refractivity contribution in [1.29, 1.82) is 0 Å². The van der Waals surface area contributed by atoms with E-state index in [2.05, 4.69) is 37.4 Å². The summed E-state index contributed by atoms with van der Waals surface area (Å²) < 4.78 is 0. The lowest BCUT2D eigenvalue weighted by Crippen LogP contribution is -2.27. The molecule has 0 saturated heterocycles. The van der Waals surface area contributed by atoms with Gasteiger partial charge in [0.25, 0.3) is 5.91 Å². The highest BCUT2D eigenvalue weighted by molar-refractivity contribution is 7.98. The van der Waals surface area contributed by atoms with Gasteiger partial charge in [0.05, 0.1) is 11.6 Å². The molecule has 0 radical (unpaired) electrons. The van der Waals surface area contributed by atoms with Crippen LogP contribution < -0.4 is 5.32 Å². The average molecular weight is 299 g/mol. The molecule has 0 fully saturated rings. The Balaban J connectivity index is 2.16. The maximum atomic E-state index is 12.4. The van der Waals surface area contributed by atoms with E-state index >= 15 is 0 Å². The molecule has 0 heterocycles. The molecule has 0 aliphatic rings. The predicted octanol–water partition coefficient (Wildman–Crippen LogP) is 4.52. The summed E-state index contributed by atoms with van der Waals surface area (Å²) in [6.07, 6.45) is 1.98. The highest BCUT2D eigenvalue weighted by Gasteiger charge is 2.14. The third kappa shape index (κ3) is 3.67. The molecule has 2 aromatic rings. The van der Waals surface area contributed by atoms with Crippen LogP contribution in [0.4, 0.5) is 0 Å². The van der Waals surface area contributed by atoms with Crippen molar-refractivity contribution in [3.63, 3.8) is 0 Å². The smallest absolute Gasteiger partial charge is 0.252 e. The van der Waals surface area contributed by atoms with Crippen LogP contribution in [0.1, 0.15) is 40.0 Å². The van der Waals surface area contributed by atoms with Crippen molar-refractivity contribution < 1.29 is 4.79 Å². The van der Waals surface area contributed by atoms with E-state index < -0.39 is 0 Å². The SMILES string of the molecule is CSc1ccccc1C(=O)N[C@@H](C)c1ccc(C)c(C)c1. The van der Waals surface area contributed by atoms with Gasteiger partial charge in [-0.1, -0.05) is 30.3 Å². The molecule has 0 bridgehead atoms. The predicted molar refractivity (Wildman–Crippen MR) is 90.0 cm³/mol. The summed E-state index contributed by atoms with van der Waals surface area (Å²) in [5.41, 5.74) is 4.39. The summed E-state index contributed by atoms with van der Waals surface area (Å²) in [5.74, 6) is -0.0225. The minimum atomic E-state index is -0.0225. The maximum Gasteiger partial charge on any atom is 0.252 e. The fourth-order valence-corrected chi connectivity index (χ4v) is 2.82. The first-order valence-electron chi connectivity index (χ1n) is 7.04. The number of carbonyl (C=O) groups excluding carboxylic acids is 1. The summed E-state index contributed by atoms with van der Waals surface area (Å²) in [4.78, 5) is 13.4. The molecule has 2 nitrogen and oxygen atoms in total. The molecule has 0 aromatic heterocycles. The number of thioether (sulfide) groups is 1. The van der Waals surface area contributed by atoms with Gasteiger partial charge in [0, 0.05) is 4.90 Å². The fraction of sp³-hybridized carbons (Fsp3) is 0.278. The van der Waals surface area contributed by atoms with E-state index in [1.807, 2.05) is 37.4 Å². The lowest BCUT2D eigenvalue weighted by Gasteiger charge is -2.16. The highest BCUT2D eigenvalue weighted by atomic mass is 32.2. The van der Waals surface area contributed by atoms with E-state index in [0.29, 0.717) is 0 Å². The van der Waals surface area contributed by atoms with Crippen LogP contribution in [0.2, 0.25) is 0 Å². The summed E-state index contributed by atoms with van der Waals surface area (Å²) in [7, 11) is 0. The van der Waals surface area contributed by atoms with E-state index in [1.54, 1.807) is 11.8 Å². The summed E-state index contributed by atoms with van der Waals surface area (Å²) >= 11 is 1.59. The van der Waals surface area contributed by atoms with Crippen molar-refractivity contribution in [3.8, 4) is 0 Å². The Bertz CT molecular complexity index is 651. The first-order valence-corrected chi connectivity index (χ1v) is 8.26. The van der Waals surface area contributed by atoms with Crippen LogP contribution in [0, 0.1) is 13.8 Å². The van der Waals surface area contributed by atoms with Gasteiger partial charge in [-0.25, -0.2) is 0 Å². The molecule has 21 heavy (non-hydrogen) atoms.